The summed E-state index contributed by atoms with van der Waals surface area (Å²) in [5.41, 5.74) is 1.29. The van der Waals surface area contributed by atoms with Crippen LogP contribution in [0.4, 0.5) is 0 Å². The smallest absolute Gasteiger partial charge is 0.302 e. The van der Waals surface area contributed by atoms with Gasteiger partial charge in [0.05, 0.1) is 12.7 Å². The van der Waals surface area contributed by atoms with Gasteiger partial charge >= 0.3 is 5.97 Å². The highest BCUT2D eigenvalue weighted by molar-refractivity contribution is 5.66. The zero-order chi connectivity index (χ0) is 17.8. The Bertz CT molecular complexity index is 584. The molecule has 3 fully saturated rings. The normalized spacial score (nSPS) is 48.8. The maximum absolute atomic E-state index is 11.5. The minimum absolute atomic E-state index is 0.0552. The second-order valence-electron chi connectivity index (χ2n) is 9.27. The van der Waals surface area contributed by atoms with E-state index in [-0.39, 0.29) is 35.6 Å². The van der Waals surface area contributed by atoms with Gasteiger partial charge in [-0.1, -0.05) is 18.6 Å². The fourth-order valence-corrected chi connectivity index (χ4v) is 7.08. The fourth-order valence-electron chi connectivity index (χ4n) is 7.08. The average Bonchev–Trinajstić information content (AvgIpc) is 2.90. The Kier molecular flexibility index (Phi) is 4.27. The van der Waals surface area contributed by atoms with Gasteiger partial charge < -0.3 is 14.9 Å². The Hall–Kier alpha value is -0.870. The van der Waals surface area contributed by atoms with Crippen LogP contribution in [0, 0.1) is 28.6 Å². The van der Waals surface area contributed by atoms with Gasteiger partial charge in [0.15, 0.2) is 0 Å². The molecule has 4 nitrogen and oxygen atoms in total. The number of hydrogen-bond donors (Lipinski definition) is 2. The molecule has 0 aromatic rings. The number of carbonyl (C=O) groups excluding carboxylic acids is 1. The Morgan fingerprint density at radius 2 is 2.04 bits per heavy atom. The molecular formula is C21H32O4. The van der Waals surface area contributed by atoms with Crippen LogP contribution in [-0.2, 0) is 9.53 Å². The molecule has 4 heteroatoms. The van der Waals surface area contributed by atoms with Crippen molar-refractivity contribution < 1.29 is 19.7 Å². The summed E-state index contributed by atoms with van der Waals surface area (Å²) in [6, 6.07) is 0. The predicted molar refractivity (Wildman–Crippen MR) is 94.7 cm³/mol. The van der Waals surface area contributed by atoms with Gasteiger partial charge in [-0.05, 0) is 69.1 Å². The molecule has 7 atom stereocenters. The standard InChI is InChI=1S/C21H32O4/c1-13(23)25-19-6-5-17-16-4-3-14-11-15(24)7-10-21(14,12-22)18(16)8-9-20(17,19)2/h3,15-19,22,24H,4-12H2,1-2H3/t15?,16-,17-,18+,19?,20-,21+/m0/s1. The number of rotatable bonds is 2. The minimum atomic E-state index is -0.240. The first kappa shape index (κ1) is 17.5. The van der Waals surface area contributed by atoms with E-state index >= 15 is 0 Å². The van der Waals surface area contributed by atoms with Gasteiger partial charge in [0.1, 0.15) is 6.10 Å². The van der Waals surface area contributed by atoms with E-state index in [0.717, 1.165) is 51.4 Å². The van der Waals surface area contributed by atoms with E-state index in [2.05, 4.69) is 13.0 Å². The van der Waals surface area contributed by atoms with Crippen molar-refractivity contribution in [3.63, 3.8) is 0 Å². The van der Waals surface area contributed by atoms with E-state index in [1.807, 2.05) is 0 Å². The third kappa shape index (κ3) is 2.51. The first-order valence-corrected chi connectivity index (χ1v) is 10.1. The number of esters is 1. The number of carbonyl (C=O) groups is 1. The molecule has 140 valence electrons. The number of fused-ring (bicyclic) bond motifs is 5. The van der Waals surface area contributed by atoms with Crippen LogP contribution < -0.4 is 0 Å². The van der Waals surface area contributed by atoms with E-state index in [1.165, 1.54) is 12.5 Å². The summed E-state index contributed by atoms with van der Waals surface area (Å²) in [6.45, 7) is 4.06. The van der Waals surface area contributed by atoms with Crippen molar-refractivity contribution in [3.8, 4) is 0 Å². The topological polar surface area (TPSA) is 66.8 Å². The monoisotopic (exact) mass is 348 g/mol. The maximum Gasteiger partial charge on any atom is 0.302 e. The summed E-state index contributed by atoms with van der Waals surface area (Å²) in [6.07, 6.45) is 9.95. The largest absolute Gasteiger partial charge is 0.462 e. The van der Waals surface area contributed by atoms with E-state index in [0.29, 0.717) is 17.8 Å². The molecule has 0 spiro atoms. The lowest BCUT2D eigenvalue weighted by Crippen LogP contribution is -2.53. The highest BCUT2D eigenvalue weighted by Gasteiger charge is 2.60. The van der Waals surface area contributed by atoms with Crippen molar-refractivity contribution in [2.24, 2.45) is 28.6 Å². The van der Waals surface area contributed by atoms with Crippen molar-refractivity contribution in [1.82, 2.24) is 0 Å². The number of aliphatic hydroxyl groups is 2. The molecule has 4 rings (SSSR count). The lowest BCUT2D eigenvalue weighted by Gasteiger charge is -2.58. The van der Waals surface area contributed by atoms with Crippen LogP contribution in [0.2, 0.25) is 0 Å². The highest BCUT2D eigenvalue weighted by atomic mass is 16.5. The molecule has 0 amide bonds. The SMILES string of the molecule is CC(=O)OC1CC[C@H]2[C@@H]3CC=C4CC(O)CC[C@]4(CO)[C@@H]3CC[C@]12C. The van der Waals surface area contributed by atoms with Gasteiger partial charge in [-0.25, -0.2) is 0 Å². The summed E-state index contributed by atoms with van der Waals surface area (Å²) >= 11 is 0. The van der Waals surface area contributed by atoms with Crippen LogP contribution in [0.25, 0.3) is 0 Å². The quantitative estimate of drug-likeness (QED) is 0.594. The number of allylic oxidation sites excluding steroid dienone is 1. The van der Waals surface area contributed by atoms with E-state index in [9.17, 15) is 15.0 Å². The minimum Gasteiger partial charge on any atom is -0.462 e. The van der Waals surface area contributed by atoms with Gasteiger partial charge in [-0.15, -0.1) is 0 Å². The number of hydrogen-bond acceptors (Lipinski definition) is 4. The molecule has 4 aliphatic carbocycles. The molecule has 0 aromatic heterocycles. The van der Waals surface area contributed by atoms with Crippen LogP contribution in [0.1, 0.15) is 65.2 Å². The molecule has 0 radical (unpaired) electrons. The summed E-state index contributed by atoms with van der Waals surface area (Å²) in [5, 5.41) is 20.5. The molecular weight excluding hydrogens is 316 g/mol. The Labute approximate surface area is 150 Å². The number of ether oxygens (including phenoxy) is 1. The van der Waals surface area contributed by atoms with Crippen molar-refractivity contribution in [2.75, 3.05) is 6.61 Å². The van der Waals surface area contributed by atoms with Crippen LogP contribution in [0.3, 0.4) is 0 Å². The first-order valence-electron chi connectivity index (χ1n) is 10.1. The zero-order valence-corrected chi connectivity index (χ0v) is 15.5. The van der Waals surface area contributed by atoms with E-state index in [1.54, 1.807) is 0 Å². The molecule has 3 saturated carbocycles. The Morgan fingerprint density at radius 1 is 1.24 bits per heavy atom. The fraction of sp³-hybridized carbons (Fsp3) is 0.857. The molecule has 0 aliphatic heterocycles. The van der Waals surface area contributed by atoms with Gasteiger partial charge in [-0.2, -0.15) is 0 Å². The molecule has 4 aliphatic rings. The van der Waals surface area contributed by atoms with Crippen LogP contribution >= 0.6 is 0 Å². The predicted octanol–water partition coefficient (Wildman–Crippen LogP) is 3.21. The number of aliphatic hydroxyl groups excluding tert-OH is 2. The van der Waals surface area contributed by atoms with Gasteiger partial charge in [0.25, 0.3) is 0 Å². The molecule has 0 heterocycles. The summed E-state index contributed by atoms with van der Waals surface area (Å²) in [4.78, 5) is 11.5. The van der Waals surface area contributed by atoms with Gasteiger partial charge in [0.2, 0.25) is 0 Å². The summed E-state index contributed by atoms with van der Waals surface area (Å²) in [5.74, 6) is 1.50. The Balaban J connectivity index is 1.64. The highest BCUT2D eigenvalue weighted by Crippen LogP contribution is 2.65. The third-order valence-electron chi connectivity index (χ3n) is 8.31. The van der Waals surface area contributed by atoms with Crippen molar-refractivity contribution in [2.45, 2.75) is 77.4 Å². The van der Waals surface area contributed by atoms with E-state index in [4.69, 9.17) is 4.74 Å². The molecule has 0 saturated heterocycles. The molecule has 2 unspecified atom stereocenters. The summed E-state index contributed by atoms with van der Waals surface area (Å²) < 4.78 is 5.70. The Morgan fingerprint density at radius 3 is 2.76 bits per heavy atom. The van der Waals surface area contributed by atoms with Crippen LogP contribution in [0.5, 0.6) is 0 Å². The second kappa shape index (κ2) is 6.09. The second-order valence-corrected chi connectivity index (χ2v) is 9.27. The first-order chi connectivity index (χ1) is 11.9. The van der Waals surface area contributed by atoms with Crippen LogP contribution in [0.15, 0.2) is 11.6 Å². The molecule has 0 bridgehead atoms. The zero-order valence-electron chi connectivity index (χ0n) is 15.5. The van der Waals surface area contributed by atoms with Crippen molar-refractivity contribution in [1.29, 1.82) is 0 Å². The molecule has 0 aromatic carbocycles. The third-order valence-corrected chi connectivity index (χ3v) is 8.31. The van der Waals surface area contributed by atoms with Crippen LogP contribution in [-0.4, -0.2) is 35.0 Å². The lowest BCUT2D eigenvalue weighted by atomic mass is 9.47. The van der Waals surface area contributed by atoms with E-state index < -0.39 is 0 Å². The average molecular weight is 348 g/mol. The van der Waals surface area contributed by atoms with Crippen molar-refractivity contribution in [3.05, 3.63) is 11.6 Å². The summed E-state index contributed by atoms with van der Waals surface area (Å²) in [7, 11) is 0. The van der Waals surface area contributed by atoms with Gasteiger partial charge in [-0.3, -0.25) is 4.79 Å². The molecule has 2 N–H and O–H groups in total. The maximum atomic E-state index is 11.5. The van der Waals surface area contributed by atoms with Gasteiger partial charge in [0, 0.05) is 17.8 Å². The molecule has 25 heavy (non-hydrogen) atoms. The van der Waals surface area contributed by atoms with Crippen molar-refractivity contribution >= 4 is 5.97 Å². The lowest BCUT2D eigenvalue weighted by molar-refractivity contribution is -0.157.